The molecule has 0 unspecified atom stereocenters. The highest BCUT2D eigenvalue weighted by atomic mass is 16.5. The minimum absolute atomic E-state index is 0.000199. The summed E-state index contributed by atoms with van der Waals surface area (Å²) in [5.41, 5.74) is 0.904. The van der Waals surface area contributed by atoms with Gasteiger partial charge in [0.05, 0.1) is 19.9 Å². The average molecular weight is 278 g/mol. The summed E-state index contributed by atoms with van der Waals surface area (Å²) >= 11 is 0. The van der Waals surface area contributed by atoms with Crippen molar-refractivity contribution in [1.29, 1.82) is 0 Å². The maximum Gasteiger partial charge on any atom is 0.343 e. The van der Waals surface area contributed by atoms with E-state index in [1.54, 1.807) is 25.1 Å². The highest BCUT2D eigenvalue weighted by molar-refractivity contribution is 5.94. The van der Waals surface area contributed by atoms with E-state index in [0.29, 0.717) is 22.9 Å². The van der Waals surface area contributed by atoms with E-state index in [-0.39, 0.29) is 11.4 Å². The third-order valence-electron chi connectivity index (χ3n) is 2.72. The molecule has 7 heteroatoms. The average Bonchev–Trinajstić information content (AvgIpc) is 2.79. The van der Waals surface area contributed by atoms with E-state index in [1.165, 1.54) is 14.2 Å². The van der Waals surface area contributed by atoms with E-state index in [1.807, 2.05) is 0 Å². The fourth-order valence-corrected chi connectivity index (χ4v) is 1.75. The maximum atomic E-state index is 11.1. The Bertz CT molecular complexity index is 636. The number of rotatable bonds is 5. The van der Waals surface area contributed by atoms with Gasteiger partial charge in [0, 0.05) is 11.8 Å². The first-order valence-electron chi connectivity index (χ1n) is 5.75. The SMILES string of the molecule is COc1ccc(Nc2onc(C)c2C(=O)O)cc1OC. The fourth-order valence-electron chi connectivity index (χ4n) is 1.75. The van der Waals surface area contributed by atoms with E-state index in [0.717, 1.165) is 0 Å². The normalized spacial score (nSPS) is 10.2. The van der Waals surface area contributed by atoms with Gasteiger partial charge >= 0.3 is 5.97 Å². The summed E-state index contributed by atoms with van der Waals surface area (Å²) in [6, 6.07) is 5.08. The number of methoxy groups -OCH3 is 2. The highest BCUT2D eigenvalue weighted by Gasteiger charge is 2.20. The number of anilines is 2. The number of carboxylic acid groups (broad SMARTS) is 1. The number of aromatic nitrogens is 1. The molecule has 0 saturated carbocycles. The lowest BCUT2D eigenvalue weighted by Gasteiger charge is -2.10. The summed E-state index contributed by atoms with van der Waals surface area (Å²) in [5.74, 6) is 0.0600. The second kappa shape index (κ2) is 5.52. The van der Waals surface area contributed by atoms with Crippen molar-refractivity contribution in [2.24, 2.45) is 0 Å². The summed E-state index contributed by atoms with van der Waals surface area (Å²) in [5, 5.41) is 15.6. The van der Waals surface area contributed by atoms with Gasteiger partial charge in [-0.1, -0.05) is 5.16 Å². The van der Waals surface area contributed by atoms with Crippen LogP contribution in [0.25, 0.3) is 0 Å². The Morgan fingerprint density at radius 2 is 2.00 bits per heavy atom. The molecular weight excluding hydrogens is 264 g/mol. The Balaban J connectivity index is 2.33. The topological polar surface area (TPSA) is 93.8 Å². The molecule has 0 atom stereocenters. The smallest absolute Gasteiger partial charge is 0.343 e. The van der Waals surface area contributed by atoms with Crippen molar-refractivity contribution in [3.05, 3.63) is 29.5 Å². The molecule has 2 N–H and O–H groups in total. The van der Waals surface area contributed by atoms with Gasteiger partial charge in [-0.25, -0.2) is 4.79 Å². The summed E-state index contributed by atoms with van der Waals surface area (Å²) < 4.78 is 15.3. The van der Waals surface area contributed by atoms with E-state index in [9.17, 15) is 4.79 Å². The van der Waals surface area contributed by atoms with Crippen molar-refractivity contribution in [2.75, 3.05) is 19.5 Å². The maximum absolute atomic E-state index is 11.1. The molecule has 0 aliphatic carbocycles. The molecule has 7 nitrogen and oxygen atoms in total. The number of nitrogens with zero attached hydrogens (tertiary/aromatic N) is 1. The molecular formula is C13H14N2O5. The van der Waals surface area contributed by atoms with Gasteiger partial charge in [0.2, 0.25) is 5.88 Å². The van der Waals surface area contributed by atoms with Crippen LogP contribution in [-0.4, -0.2) is 30.5 Å². The van der Waals surface area contributed by atoms with Crippen molar-refractivity contribution in [2.45, 2.75) is 6.92 Å². The second-order valence-electron chi connectivity index (χ2n) is 3.97. The molecule has 0 radical (unpaired) electrons. The van der Waals surface area contributed by atoms with Gasteiger partial charge in [-0.05, 0) is 19.1 Å². The molecule has 0 aliphatic rings. The first-order chi connectivity index (χ1) is 9.56. The van der Waals surface area contributed by atoms with Crippen LogP contribution in [0.5, 0.6) is 11.5 Å². The number of hydrogen-bond donors (Lipinski definition) is 2. The third-order valence-corrected chi connectivity index (χ3v) is 2.72. The van der Waals surface area contributed by atoms with Gasteiger partial charge in [-0.2, -0.15) is 0 Å². The van der Waals surface area contributed by atoms with Gasteiger partial charge in [-0.3, -0.25) is 0 Å². The standard InChI is InChI=1S/C13H14N2O5/c1-7-11(13(16)17)12(20-15-7)14-8-4-5-9(18-2)10(6-8)19-3/h4-6,14H,1-3H3,(H,16,17). The number of aromatic carboxylic acids is 1. The van der Waals surface area contributed by atoms with Crippen LogP contribution in [0, 0.1) is 6.92 Å². The van der Waals surface area contributed by atoms with Crippen molar-refractivity contribution in [3.8, 4) is 11.5 Å². The van der Waals surface area contributed by atoms with Crippen LogP contribution < -0.4 is 14.8 Å². The minimum Gasteiger partial charge on any atom is -0.493 e. The Kier molecular flexibility index (Phi) is 3.79. The molecule has 0 aliphatic heterocycles. The molecule has 0 fully saturated rings. The molecule has 2 rings (SSSR count). The second-order valence-corrected chi connectivity index (χ2v) is 3.97. The number of ether oxygens (including phenoxy) is 2. The Morgan fingerprint density at radius 1 is 1.30 bits per heavy atom. The molecule has 106 valence electrons. The lowest BCUT2D eigenvalue weighted by Crippen LogP contribution is -2.02. The monoisotopic (exact) mass is 278 g/mol. The lowest BCUT2D eigenvalue weighted by molar-refractivity contribution is 0.0697. The molecule has 20 heavy (non-hydrogen) atoms. The molecule has 1 heterocycles. The zero-order chi connectivity index (χ0) is 14.7. The first-order valence-corrected chi connectivity index (χ1v) is 5.75. The quantitative estimate of drug-likeness (QED) is 0.867. The molecule has 0 saturated heterocycles. The number of carboxylic acids is 1. The van der Waals surface area contributed by atoms with Gasteiger partial charge in [-0.15, -0.1) is 0 Å². The molecule has 0 spiro atoms. The molecule has 1 aromatic heterocycles. The Morgan fingerprint density at radius 3 is 2.60 bits per heavy atom. The first kappa shape index (κ1) is 13.7. The van der Waals surface area contributed by atoms with E-state index in [4.69, 9.17) is 19.1 Å². The number of aryl methyl sites for hydroxylation is 1. The largest absolute Gasteiger partial charge is 0.493 e. The van der Waals surface area contributed by atoms with Gasteiger partial charge in [0.15, 0.2) is 11.5 Å². The van der Waals surface area contributed by atoms with Crippen LogP contribution in [-0.2, 0) is 0 Å². The Hall–Kier alpha value is -2.70. The van der Waals surface area contributed by atoms with Crippen LogP contribution >= 0.6 is 0 Å². The van der Waals surface area contributed by atoms with E-state index < -0.39 is 5.97 Å². The summed E-state index contributed by atoms with van der Waals surface area (Å²) in [6.07, 6.45) is 0. The third kappa shape index (κ3) is 2.51. The summed E-state index contributed by atoms with van der Waals surface area (Å²) in [4.78, 5) is 11.1. The lowest BCUT2D eigenvalue weighted by atomic mass is 10.2. The van der Waals surface area contributed by atoms with Crippen LogP contribution in [0.15, 0.2) is 22.7 Å². The predicted octanol–water partition coefficient (Wildman–Crippen LogP) is 2.44. The molecule has 0 amide bonds. The minimum atomic E-state index is -1.10. The number of hydrogen-bond acceptors (Lipinski definition) is 6. The number of benzene rings is 1. The molecule has 2 aromatic rings. The number of carbonyl (C=O) groups is 1. The van der Waals surface area contributed by atoms with Crippen LogP contribution in [0.2, 0.25) is 0 Å². The molecule has 0 bridgehead atoms. The highest BCUT2D eigenvalue weighted by Crippen LogP contribution is 2.32. The van der Waals surface area contributed by atoms with Gasteiger partial charge in [0.1, 0.15) is 5.56 Å². The van der Waals surface area contributed by atoms with E-state index >= 15 is 0 Å². The van der Waals surface area contributed by atoms with Crippen LogP contribution in [0.3, 0.4) is 0 Å². The summed E-state index contributed by atoms with van der Waals surface area (Å²) in [7, 11) is 3.05. The zero-order valence-corrected chi connectivity index (χ0v) is 11.3. The van der Waals surface area contributed by atoms with Crippen molar-refractivity contribution < 1.29 is 23.9 Å². The van der Waals surface area contributed by atoms with Crippen molar-refractivity contribution in [3.63, 3.8) is 0 Å². The number of nitrogens with one attached hydrogen (secondary N) is 1. The van der Waals surface area contributed by atoms with E-state index in [2.05, 4.69) is 10.5 Å². The zero-order valence-electron chi connectivity index (χ0n) is 11.3. The van der Waals surface area contributed by atoms with Crippen molar-refractivity contribution in [1.82, 2.24) is 5.16 Å². The Labute approximate surface area is 115 Å². The van der Waals surface area contributed by atoms with Crippen LogP contribution in [0.1, 0.15) is 16.1 Å². The predicted molar refractivity (Wildman–Crippen MR) is 71.0 cm³/mol. The molecule has 1 aromatic carbocycles. The summed E-state index contributed by atoms with van der Waals surface area (Å²) in [6.45, 7) is 1.56. The van der Waals surface area contributed by atoms with Gasteiger partial charge < -0.3 is 24.4 Å². The fraction of sp³-hybridized carbons (Fsp3) is 0.231. The van der Waals surface area contributed by atoms with Gasteiger partial charge in [0.25, 0.3) is 0 Å². The van der Waals surface area contributed by atoms with Crippen molar-refractivity contribution >= 4 is 17.5 Å². The van der Waals surface area contributed by atoms with Crippen LogP contribution in [0.4, 0.5) is 11.6 Å².